The van der Waals surface area contributed by atoms with Crippen LogP contribution in [-0.2, 0) is 14.8 Å². The van der Waals surface area contributed by atoms with Crippen LogP contribution in [0.1, 0.15) is 12.5 Å². The lowest BCUT2D eigenvalue weighted by atomic mass is 10.2. The summed E-state index contributed by atoms with van der Waals surface area (Å²) in [6, 6.07) is 12.8. The monoisotopic (exact) mass is 447 g/mol. The van der Waals surface area contributed by atoms with E-state index in [1.54, 1.807) is 6.08 Å². The molecular weight excluding hydrogens is 426 g/mol. The molecule has 0 aliphatic heterocycles. The number of guanidine groups is 1. The molecule has 0 atom stereocenters. The summed E-state index contributed by atoms with van der Waals surface area (Å²) in [7, 11) is -3.97. The highest BCUT2D eigenvalue weighted by Gasteiger charge is 2.13. The Balaban J connectivity index is 1.92. The molecular formula is C19H21N5O4S2. The molecule has 0 unspecified atom stereocenters. The third-order valence-electron chi connectivity index (χ3n) is 3.49. The van der Waals surface area contributed by atoms with Crippen molar-refractivity contribution < 1.29 is 17.9 Å². The summed E-state index contributed by atoms with van der Waals surface area (Å²) < 4.78 is 32.3. The largest absolute Gasteiger partial charge is 0.494 e. The van der Waals surface area contributed by atoms with E-state index in [2.05, 4.69) is 15.0 Å². The number of rotatable bonds is 7. The highest BCUT2D eigenvalue weighted by atomic mass is 32.2. The fraction of sp³-hybridized carbons (Fsp3) is 0.105. The van der Waals surface area contributed by atoms with E-state index in [0.29, 0.717) is 12.3 Å². The van der Waals surface area contributed by atoms with Crippen molar-refractivity contribution in [3.05, 3.63) is 60.2 Å². The number of carbonyl (C=O) groups is 1. The predicted octanol–water partition coefficient (Wildman–Crippen LogP) is 1.57. The molecule has 0 bridgehead atoms. The van der Waals surface area contributed by atoms with E-state index in [1.165, 1.54) is 30.3 Å². The predicted molar refractivity (Wildman–Crippen MR) is 120 cm³/mol. The standard InChI is InChI=1S/C19H21N5O4S2/c1-2-28-15-8-3-13(4-9-15)5-12-17(25)23-19(29)22-14-6-10-16(11-7-14)30(26,27)24-18(20)21/h3-12H,2H2,1H3,(H4,20,21,24)(H2,22,23,25,29)/b12-5+. The first-order chi connectivity index (χ1) is 14.2. The third-order valence-corrected chi connectivity index (χ3v) is 5.01. The van der Waals surface area contributed by atoms with Gasteiger partial charge in [0.2, 0.25) is 11.9 Å². The van der Waals surface area contributed by atoms with Gasteiger partial charge >= 0.3 is 0 Å². The summed E-state index contributed by atoms with van der Waals surface area (Å²) in [6.07, 6.45) is 2.98. The topological polar surface area (TPSA) is 149 Å². The summed E-state index contributed by atoms with van der Waals surface area (Å²) >= 11 is 5.09. The van der Waals surface area contributed by atoms with Gasteiger partial charge in [-0.15, -0.1) is 4.40 Å². The molecule has 30 heavy (non-hydrogen) atoms. The Bertz CT molecular complexity index is 1060. The van der Waals surface area contributed by atoms with Crippen molar-refractivity contribution in [2.45, 2.75) is 11.8 Å². The minimum absolute atomic E-state index is 0.0520. The van der Waals surface area contributed by atoms with E-state index in [-0.39, 0.29) is 10.0 Å². The van der Waals surface area contributed by atoms with E-state index in [9.17, 15) is 13.2 Å². The van der Waals surface area contributed by atoms with Gasteiger partial charge in [-0.1, -0.05) is 12.1 Å². The summed E-state index contributed by atoms with van der Waals surface area (Å²) in [5.41, 5.74) is 11.5. The number of hydrogen-bond donors (Lipinski definition) is 4. The lowest BCUT2D eigenvalue weighted by Gasteiger charge is -2.08. The number of ether oxygens (including phenoxy) is 1. The molecule has 0 saturated carbocycles. The average Bonchev–Trinajstić information content (AvgIpc) is 2.67. The fourth-order valence-electron chi connectivity index (χ4n) is 2.23. The zero-order chi connectivity index (χ0) is 22.1. The first kappa shape index (κ1) is 22.8. The molecule has 158 valence electrons. The SMILES string of the molecule is CCOc1ccc(/C=C/C(=O)NC(=S)Nc2ccc(S(=O)(=O)N=C(N)N)cc2)cc1. The number of sulfonamides is 1. The van der Waals surface area contributed by atoms with Crippen LogP contribution in [0.2, 0.25) is 0 Å². The van der Waals surface area contributed by atoms with Crippen molar-refractivity contribution in [3.8, 4) is 5.75 Å². The van der Waals surface area contributed by atoms with Gasteiger partial charge in [0, 0.05) is 11.8 Å². The second-order valence-electron chi connectivity index (χ2n) is 5.79. The van der Waals surface area contributed by atoms with Crippen molar-refractivity contribution in [1.29, 1.82) is 0 Å². The quantitative estimate of drug-likeness (QED) is 0.216. The van der Waals surface area contributed by atoms with Gasteiger partial charge in [-0.2, -0.15) is 8.42 Å². The summed E-state index contributed by atoms with van der Waals surface area (Å²) in [4.78, 5) is 11.9. The van der Waals surface area contributed by atoms with Crippen LogP contribution in [0, 0.1) is 0 Å². The molecule has 0 aliphatic rings. The molecule has 0 aromatic heterocycles. The van der Waals surface area contributed by atoms with Crippen LogP contribution in [0.5, 0.6) is 5.75 Å². The van der Waals surface area contributed by atoms with E-state index in [0.717, 1.165) is 11.3 Å². The van der Waals surface area contributed by atoms with Gasteiger partial charge in [-0.05, 0) is 67.2 Å². The number of anilines is 1. The Labute approximate surface area is 179 Å². The molecule has 0 spiro atoms. The maximum atomic E-state index is 12.0. The van der Waals surface area contributed by atoms with Gasteiger partial charge in [0.25, 0.3) is 10.0 Å². The Morgan fingerprint density at radius 3 is 2.33 bits per heavy atom. The molecule has 0 heterocycles. The number of nitrogens with one attached hydrogen (secondary N) is 2. The van der Waals surface area contributed by atoms with Gasteiger partial charge in [0.05, 0.1) is 11.5 Å². The second-order valence-corrected chi connectivity index (χ2v) is 7.81. The fourth-order valence-corrected chi connectivity index (χ4v) is 3.31. The number of benzene rings is 2. The molecule has 6 N–H and O–H groups in total. The number of carbonyl (C=O) groups excluding carboxylic acids is 1. The number of nitrogens with zero attached hydrogens (tertiary/aromatic N) is 1. The molecule has 9 nitrogen and oxygen atoms in total. The molecule has 2 aromatic rings. The van der Waals surface area contributed by atoms with Crippen molar-refractivity contribution >= 4 is 51.0 Å². The normalized spacial score (nSPS) is 11.0. The lowest BCUT2D eigenvalue weighted by molar-refractivity contribution is -0.115. The molecule has 0 fully saturated rings. The first-order valence-electron chi connectivity index (χ1n) is 8.68. The van der Waals surface area contributed by atoms with Crippen LogP contribution in [0.15, 0.2) is 63.9 Å². The number of amides is 1. The summed E-state index contributed by atoms with van der Waals surface area (Å²) in [5, 5.41) is 5.33. The Morgan fingerprint density at radius 2 is 1.77 bits per heavy atom. The minimum Gasteiger partial charge on any atom is -0.494 e. The van der Waals surface area contributed by atoms with Crippen LogP contribution in [0.4, 0.5) is 5.69 Å². The smallest absolute Gasteiger partial charge is 0.285 e. The van der Waals surface area contributed by atoms with Crippen LogP contribution >= 0.6 is 12.2 Å². The van der Waals surface area contributed by atoms with E-state index in [1.807, 2.05) is 31.2 Å². The van der Waals surface area contributed by atoms with Crippen LogP contribution in [0.3, 0.4) is 0 Å². The molecule has 11 heteroatoms. The van der Waals surface area contributed by atoms with Crippen molar-refractivity contribution in [2.24, 2.45) is 15.9 Å². The van der Waals surface area contributed by atoms with Crippen molar-refractivity contribution in [3.63, 3.8) is 0 Å². The summed E-state index contributed by atoms with van der Waals surface area (Å²) in [5.74, 6) is -0.227. The number of nitrogens with two attached hydrogens (primary N) is 2. The summed E-state index contributed by atoms with van der Waals surface area (Å²) in [6.45, 7) is 2.48. The molecule has 2 rings (SSSR count). The third kappa shape index (κ3) is 7.18. The zero-order valence-electron chi connectivity index (χ0n) is 16.0. The first-order valence-corrected chi connectivity index (χ1v) is 10.5. The minimum atomic E-state index is -3.97. The molecule has 2 aromatic carbocycles. The molecule has 0 aliphatic carbocycles. The average molecular weight is 448 g/mol. The van der Waals surface area contributed by atoms with E-state index in [4.69, 9.17) is 28.4 Å². The van der Waals surface area contributed by atoms with Crippen molar-refractivity contribution in [2.75, 3.05) is 11.9 Å². The van der Waals surface area contributed by atoms with Gasteiger partial charge in [0.15, 0.2) is 5.11 Å². The van der Waals surface area contributed by atoms with Crippen LogP contribution in [-0.4, -0.2) is 32.0 Å². The van der Waals surface area contributed by atoms with E-state index < -0.39 is 21.9 Å². The van der Waals surface area contributed by atoms with Gasteiger partial charge < -0.3 is 21.5 Å². The Kier molecular flexibility index (Phi) is 7.90. The van der Waals surface area contributed by atoms with Crippen LogP contribution in [0.25, 0.3) is 6.08 Å². The second kappa shape index (κ2) is 10.4. The number of hydrogen-bond acceptors (Lipinski definition) is 5. The maximum Gasteiger partial charge on any atom is 0.285 e. The molecule has 0 radical (unpaired) electrons. The maximum absolute atomic E-state index is 12.0. The van der Waals surface area contributed by atoms with Gasteiger partial charge in [-0.3, -0.25) is 10.1 Å². The van der Waals surface area contributed by atoms with Gasteiger partial charge in [0.1, 0.15) is 5.75 Å². The molecule has 0 saturated heterocycles. The zero-order valence-corrected chi connectivity index (χ0v) is 17.7. The lowest BCUT2D eigenvalue weighted by Crippen LogP contribution is -2.32. The highest BCUT2D eigenvalue weighted by molar-refractivity contribution is 7.90. The Morgan fingerprint density at radius 1 is 1.13 bits per heavy atom. The van der Waals surface area contributed by atoms with Crippen LogP contribution < -0.4 is 26.8 Å². The van der Waals surface area contributed by atoms with E-state index >= 15 is 0 Å². The van der Waals surface area contributed by atoms with Crippen molar-refractivity contribution in [1.82, 2.24) is 5.32 Å². The highest BCUT2D eigenvalue weighted by Crippen LogP contribution is 2.16. The van der Waals surface area contributed by atoms with Gasteiger partial charge in [-0.25, -0.2) is 0 Å². The Hall–Kier alpha value is -3.44. The number of thiocarbonyl (C=S) groups is 1. The molecule has 1 amide bonds.